The minimum absolute atomic E-state index is 0.191. The van der Waals surface area contributed by atoms with Gasteiger partial charge in [0.15, 0.2) is 0 Å². The van der Waals surface area contributed by atoms with Crippen LogP contribution in [0.25, 0.3) is 0 Å². The molecule has 5 nitrogen and oxygen atoms in total. The van der Waals surface area contributed by atoms with Gasteiger partial charge < -0.3 is 15.6 Å². The third kappa shape index (κ3) is 18.0. The molecular formula is C8H15NO4. The molecule has 0 unspecified atom stereocenters. The largest absolute Gasteiger partial charge is 0.481 e. The molecule has 13 heavy (non-hydrogen) atoms. The minimum Gasteiger partial charge on any atom is -0.481 e. The molecular weight excluding hydrogens is 174 g/mol. The van der Waals surface area contributed by atoms with E-state index < -0.39 is 11.9 Å². The van der Waals surface area contributed by atoms with Crippen LogP contribution in [0, 0.1) is 0 Å². The molecule has 5 heteroatoms. The van der Waals surface area contributed by atoms with Crippen molar-refractivity contribution in [2.45, 2.75) is 12.8 Å². The number of ether oxygens (including phenoxy) is 1. The summed E-state index contributed by atoms with van der Waals surface area (Å²) in [5.74, 6) is -1.17. The molecule has 0 rings (SSSR count). The van der Waals surface area contributed by atoms with E-state index in [0.717, 1.165) is 6.08 Å². The van der Waals surface area contributed by atoms with Crippen LogP contribution in [0.15, 0.2) is 12.7 Å². The van der Waals surface area contributed by atoms with E-state index in [1.165, 1.54) is 7.11 Å². The van der Waals surface area contributed by atoms with Crippen LogP contribution in [0.4, 0.5) is 0 Å². The highest BCUT2D eigenvalue weighted by Gasteiger charge is 1.91. The minimum atomic E-state index is -0.773. The molecule has 76 valence electrons. The van der Waals surface area contributed by atoms with Crippen LogP contribution in [0.3, 0.4) is 0 Å². The van der Waals surface area contributed by atoms with Crippen LogP contribution in [-0.4, -0.2) is 30.7 Å². The summed E-state index contributed by atoms with van der Waals surface area (Å²) >= 11 is 0. The number of nitrogens with two attached hydrogens (primary N) is 1. The van der Waals surface area contributed by atoms with E-state index in [1.54, 1.807) is 0 Å². The fourth-order valence-corrected chi connectivity index (χ4v) is 0.337. The number of esters is 1. The lowest BCUT2D eigenvalue weighted by atomic mass is 10.3. The van der Waals surface area contributed by atoms with Gasteiger partial charge in [-0.1, -0.05) is 6.58 Å². The molecule has 0 aromatic rings. The summed E-state index contributed by atoms with van der Waals surface area (Å²) in [4.78, 5) is 19.5. The summed E-state index contributed by atoms with van der Waals surface area (Å²) in [7, 11) is 1.31. The first-order valence-electron chi connectivity index (χ1n) is 3.70. The predicted molar refractivity (Wildman–Crippen MR) is 48.1 cm³/mol. The second-order valence-electron chi connectivity index (χ2n) is 2.01. The first-order valence-corrected chi connectivity index (χ1v) is 3.70. The highest BCUT2D eigenvalue weighted by atomic mass is 16.5. The van der Waals surface area contributed by atoms with E-state index >= 15 is 0 Å². The number of carboxylic acid groups (broad SMARTS) is 1. The van der Waals surface area contributed by atoms with E-state index in [-0.39, 0.29) is 6.42 Å². The normalized spacial score (nSPS) is 7.85. The topological polar surface area (TPSA) is 89.6 Å². The third-order valence-electron chi connectivity index (χ3n) is 0.963. The maximum Gasteiger partial charge on any atom is 0.329 e. The zero-order valence-electron chi connectivity index (χ0n) is 7.66. The Labute approximate surface area is 77.2 Å². The summed E-state index contributed by atoms with van der Waals surface area (Å²) in [6, 6.07) is 0. The summed E-state index contributed by atoms with van der Waals surface area (Å²) in [6.07, 6.45) is 1.88. The smallest absolute Gasteiger partial charge is 0.329 e. The fraction of sp³-hybridized carbons (Fsp3) is 0.500. The lowest BCUT2D eigenvalue weighted by molar-refractivity contribution is -0.137. The Morgan fingerprint density at radius 2 is 2.15 bits per heavy atom. The monoisotopic (exact) mass is 189 g/mol. The van der Waals surface area contributed by atoms with E-state index in [2.05, 4.69) is 11.3 Å². The van der Waals surface area contributed by atoms with Gasteiger partial charge in [0.25, 0.3) is 0 Å². The van der Waals surface area contributed by atoms with E-state index in [9.17, 15) is 9.59 Å². The fourth-order valence-electron chi connectivity index (χ4n) is 0.337. The van der Waals surface area contributed by atoms with Crippen molar-refractivity contribution in [3.8, 4) is 0 Å². The number of rotatable bonds is 4. The first kappa shape index (κ1) is 14.2. The number of carbonyl (C=O) groups excluding carboxylic acids is 1. The molecule has 0 saturated heterocycles. The molecule has 0 aliphatic heterocycles. The Bertz CT molecular complexity index is 168. The van der Waals surface area contributed by atoms with Gasteiger partial charge in [0.05, 0.1) is 7.11 Å². The Morgan fingerprint density at radius 1 is 1.62 bits per heavy atom. The second kappa shape index (κ2) is 10.6. The zero-order chi connectivity index (χ0) is 10.7. The third-order valence-corrected chi connectivity index (χ3v) is 0.963. The molecule has 0 aromatic carbocycles. The summed E-state index contributed by atoms with van der Waals surface area (Å²) in [5, 5.41) is 7.99. The molecule has 0 aliphatic rings. The quantitative estimate of drug-likeness (QED) is 0.485. The van der Waals surface area contributed by atoms with Crippen LogP contribution in [0.2, 0.25) is 0 Å². The van der Waals surface area contributed by atoms with E-state index in [1.807, 2.05) is 0 Å². The van der Waals surface area contributed by atoms with Crippen molar-refractivity contribution in [3.63, 3.8) is 0 Å². The van der Waals surface area contributed by atoms with Gasteiger partial charge in [-0.25, -0.2) is 4.79 Å². The van der Waals surface area contributed by atoms with Gasteiger partial charge in [0, 0.05) is 12.5 Å². The maximum absolute atomic E-state index is 9.84. The number of hydrogen-bond donors (Lipinski definition) is 2. The molecule has 0 atom stereocenters. The molecule has 0 heterocycles. The summed E-state index contributed by atoms with van der Waals surface area (Å²) < 4.78 is 4.14. The van der Waals surface area contributed by atoms with Crippen molar-refractivity contribution in [1.82, 2.24) is 0 Å². The standard InChI is InChI=1S/C4H9NO2.C4H6O2/c5-3-1-2-4(6)7;1-3-4(5)6-2/h1-3,5H2,(H,6,7);3H,1H2,2H3. The molecule has 3 N–H and O–H groups in total. The number of carboxylic acids is 1. The van der Waals surface area contributed by atoms with Gasteiger partial charge in [-0.3, -0.25) is 4.79 Å². The van der Waals surface area contributed by atoms with Gasteiger partial charge >= 0.3 is 11.9 Å². The molecule has 0 amide bonds. The zero-order valence-corrected chi connectivity index (χ0v) is 7.66. The molecule has 0 fully saturated rings. The van der Waals surface area contributed by atoms with Crippen LogP contribution >= 0.6 is 0 Å². The first-order chi connectivity index (χ1) is 6.08. The highest BCUT2D eigenvalue weighted by Crippen LogP contribution is 1.82. The summed E-state index contributed by atoms with van der Waals surface area (Å²) in [5.41, 5.74) is 5.01. The van der Waals surface area contributed by atoms with Crippen molar-refractivity contribution >= 4 is 11.9 Å². The Kier molecular flexibility index (Phi) is 11.6. The summed E-state index contributed by atoms with van der Waals surface area (Å²) in [6.45, 7) is 3.62. The highest BCUT2D eigenvalue weighted by molar-refractivity contribution is 5.80. The molecule has 0 aromatic heterocycles. The van der Waals surface area contributed by atoms with Gasteiger partial charge in [-0.05, 0) is 13.0 Å². The Hall–Kier alpha value is -1.36. The van der Waals surface area contributed by atoms with Crippen LogP contribution < -0.4 is 5.73 Å². The number of aliphatic carboxylic acids is 1. The van der Waals surface area contributed by atoms with Crippen LogP contribution in [0.5, 0.6) is 0 Å². The van der Waals surface area contributed by atoms with Crippen LogP contribution in [0.1, 0.15) is 12.8 Å². The molecule has 0 radical (unpaired) electrons. The average Bonchev–Trinajstić information content (AvgIpc) is 2.14. The molecule has 0 bridgehead atoms. The molecule has 0 saturated carbocycles. The van der Waals surface area contributed by atoms with Crippen molar-refractivity contribution in [2.75, 3.05) is 13.7 Å². The SMILES string of the molecule is C=CC(=O)OC.NCCCC(=O)O. The van der Waals surface area contributed by atoms with Gasteiger partial charge in [-0.2, -0.15) is 0 Å². The number of hydrogen-bond acceptors (Lipinski definition) is 4. The average molecular weight is 189 g/mol. The number of methoxy groups -OCH3 is 1. The van der Waals surface area contributed by atoms with Crippen molar-refractivity contribution in [2.24, 2.45) is 5.73 Å². The molecule has 0 aliphatic carbocycles. The molecule has 0 spiro atoms. The van der Waals surface area contributed by atoms with E-state index in [4.69, 9.17) is 10.8 Å². The van der Waals surface area contributed by atoms with Crippen molar-refractivity contribution in [1.29, 1.82) is 0 Å². The van der Waals surface area contributed by atoms with Crippen molar-refractivity contribution in [3.05, 3.63) is 12.7 Å². The van der Waals surface area contributed by atoms with E-state index in [0.29, 0.717) is 13.0 Å². The second-order valence-corrected chi connectivity index (χ2v) is 2.01. The predicted octanol–water partition coefficient (Wildman–Crippen LogP) is 0.155. The van der Waals surface area contributed by atoms with Crippen LogP contribution in [-0.2, 0) is 14.3 Å². The van der Waals surface area contributed by atoms with Gasteiger partial charge in [-0.15, -0.1) is 0 Å². The van der Waals surface area contributed by atoms with Gasteiger partial charge in [0.1, 0.15) is 0 Å². The Balaban J connectivity index is 0. The Morgan fingerprint density at radius 3 is 2.23 bits per heavy atom. The number of carbonyl (C=O) groups is 2. The van der Waals surface area contributed by atoms with Crippen molar-refractivity contribution < 1.29 is 19.4 Å². The lowest BCUT2D eigenvalue weighted by Gasteiger charge is -1.86. The maximum atomic E-state index is 9.84. The lowest BCUT2D eigenvalue weighted by Crippen LogP contribution is -2.02. The van der Waals surface area contributed by atoms with Gasteiger partial charge in [0.2, 0.25) is 0 Å².